The molecule has 1 aliphatic rings. The van der Waals surface area contributed by atoms with Crippen LogP contribution in [0.3, 0.4) is 0 Å². The molecule has 4 heteroatoms. The van der Waals surface area contributed by atoms with Crippen LogP contribution in [0.5, 0.6) is 0 Å². The average Bonchev–Trinajstić information content (AvgIpc) is 2.75. The lowest BCUT2D eigenvalue weighted by Gasteiger charge is -2.33. The highest BCUT2D eigenvalue weighted by Gasteiger charge is 2.23. The highest BCUT2D eigenvalue weighted by Crippen LogP contribution is 2.27. The zero-order valence-electron chi connectivity index (χ0n) is 12.7. The van der Waals surface area contributed by atoms with Gasteiger partial charge in [0.05, 0.1) is 16.7 Å². The Labute approximate surface area is 121 Å². The Kier molecular flexibility index (Phi) is 5.37. The van der Waals surface area contributed by atoms with E-state index in [4.69, 9.17) is 4.98 Å². The standard InChI is InChI=1S/C15H27N3S/c1-5-18(10-14-8-6-7-9-16-14)11(2)15-12(3)19-13(4)17-15/h11,14,16H,5-10H2,1-4H3. The first-order valence-corrected chi connectivity index (χ1v) is 8.34. The number of likely N-dealkylation sites (N-methyl/N-ethyl adjacent to an activating group) is 1. The first-order valence-electron chi connectivity index (χ1n) is 7.53. The maximum absolute atomic E-state index is 4.73. The Morgan fingerprint density at radius 3 is 2.74 bits per heavy atom. The normalized spacial score (nSPS) is 21.8. The molecule has 1 saturated heterocycles. The van der Waals surface area contributed by atoms with Gasteiger partial charge in [0.25, 0.3) is 0 Å². The summed E-state index contributed by atoms with van der Waals surface area (Å²) in [5.41, 5.74) is 1.28. The minimum Gasteiger partial charge on any atom is -0.313 e. The van der Waals surface area contributed by atoms with Gasteiger partial charge in [0.2, 0.25) is 0 Å². The lowest BCUT2D eigenvalue weighted by Crippen LogP contribution is -2.44. The molecule has 0 aromatic carbocycles. The molecule has 0 spiro atoms. The van der Waals surface area contributed by atoms with Crippen LogP contribution in [-0.2, 0) is 0 Å². The van der Waals surface area contributed by atoms with Gasteiger partial charge in [-0.05, 0) is 46.7 Å². The predicted molar refractivity (Wildman–Crippen MR) is 82.9 cm³/mol. The molecule has 1 fully saturated rings. The molecule has 2 rings (SSSR count). The van der Waals surface area contributed by atoms with Gasteiger partial charge in [-0.25, -0.2) is 4.98 Å². The Bertz CT molecular complexity index is 396. The summed E-state index contributed by atoms with van der Waals surface area (Å²) in [6.07, 6.45) is 4.03. The van der Waals surface area contributed by atoms with E-state index in [-0.39, 0.29) is 0 Å². The summed E-state index contributed by atoms with van der Waals surface area (Å²) in [7, 11) is 0. The molecular formula is C15H27N3S. The molecule has 0 saturated carbocycles. The molecular weight excluding hydrogens is 254 g/mol. The molecule has 1 aromatic heterocycles. The van der Waals surface area contributed by atoms with Crippen LogP contribution in [0.2, 0.25) is 0 Å². The zero-order valence-corrected chi connectivity index (χ0v) is 13.5. The molecule has 2 heterocycles. The van der Waals surface area contributed by atoms with Gasteiger partial charge >= 0.3 is 0 Å². The summed E-state index contributed by atoms with van der Waals surface area (Å²) in [6.45, 7) is 12.3. The van der Waals surface area contributed by atoms with E-state index in [2.05, 4.69) is 37.9 Å². The Hall–Kier alpha value is -0.450. The number of hydrogen-bond acceptors (Lipinski definition) is 4. The van der Waals surface area contributed by atoms with Crippen LogP contribution < -0.4 is 5.32 Å². The van der Waals surface area contributed by atoms with E-state index >= 15 is 0 Å². The third kappa shape index (κ3) is 3.77. The SMILES string of the molecule is CCN(CC1CCCCN1)C(C)c1nc(C)sc1C. The van der Waals surface area contributed by atoms with Crippen molar-refractivity contribution >= 4 is 11.3 Å². The first-order chi connectivity index (χ1) is 9.11. The van der Waals surface area contributed by atoms with Crippen molar-refractivity contribution in [3.63, 3.8) is 0 Å². The van der Waals surface area contributed by atoms with Crippen LogP contribution in [-0.4, -0.2) is 35.6 Å². The predicted octanol–water partition coefficient (Wildman–Crippen LogP) is 3.28. The smallest absolute Gasteiger partial charge is 0.0900 e. The summed E-state index contributed by atoms with van der Waals surface area (Å²) in [5, 5.41) is 4.84. The number of aryl methyl sites for hydroxylation is 2. The monoisotopic (exact) mass is 281 g/mol. The summed E-state index contributed by atoms with van der Waals surface area (Å²) in [5.74, 6) is 0. The molecule has 0 radical (unpaired) electrons. The van der Waals surface area contributed by atoms with E-state index in [1.807, 2.05) is 11.3 Å². The van der Waals surface area contributed by atoms with Crippen molar-refractivity contribution in [2.45, 2.75) is 59.0 Å². The largest absolute Gasteiger partial charge is 0.313 e. The third-order valence-corrected chi connectivity index (χ3v) is 5.06. The highest BCUT2D eigenvalue weighted by molar-refractivity contribution is 7.11. The minimum absolute atomic E-state index is 0.429. The Morgan fingerprint density at radius 1 is 1.42 bits per heavy atom. The number of aromatic nitrogens is 1. The topological polar surface area (TPSA) is 28.2 Å². The minimum atomic E-state index is 0.429. The zero-order chi connectivity index (χ0) is 13.8. The maximum Gasteiger partial charge on any atom is 0.0900 e. The molecule has 1 aromatic rings. The van der Waals surface area contributed by atoms with Crippen molar-refractivity contribution < 1.29 is 0 Å². The number of rotatable bonds is 5. The molecule has 108 valence electrons. The van der Waals surface area contributed by atoms with E-state index in [1.165, 1.54) is 41.4 Å². The lowest BCUT2D eigenvalue weighted by atomic mass is 10.0. The number of piperidine rings is 1. The van der Waals surface area contributed by atoms with E-state index in [0.29, 0.717) is 12.1 Å². The van der Waals surface area contributed by atoms with Crippen LogP contribution in [0.25, 0.3) is 0 Å². The molecule has 1 aliphatic heterocycles. The number of nitrogens with zero attached hydrogens (tertiary/aromatic N) is 2. The second kappa shape index (κ2) is 6.82. The van der Waals surface area contributed by atoms with Gasteiger partial charge in [0.1, 0.15) is 0 Å². The van der Waals surface area contributed by atoms with Crippen molar-refractivity contribution in [3.05, 3.63) is 15.6 Å². The molecule has 0 aliphatic carbocycles. The van der Waals surface area contributed by atoms with Gasteiger partial charge in [-0.1, -0.05) is 13.3 Å². The van der Waals surface area contributed by atoms with Crippen LogP contribution in [0.1, 0.15) is 54.7 Å². The van der Waals surface area contributed by atoms with Crippen molar-refractivity contribution in [3.8, 4) is 0 Å². The fourth-order valence-corrected chi connectivity index (χ4v) is 3.94. The van der Waals surface area contributed by atoms with Crippen molar-refractivity contribution in [1.82, 2.24) is 15.2 Å². The fourth-order valence-electron chi connectivity index (χ4n) is 3.03. The first kappa shape index (κ1) is 14.9. The van der Waals surface area contributed by atoms with Gasteiger partial charge in [-0.15, -0.1) is 11.3 Å². The fraction of sp³-hybridized carbons (Fsp3) is 0.800. The maximum atomic E-state index is 4.73. The van der Waals surface area contributed by atoms with Crippen LogP contribution in [0, 0.1) is 13.8 Å². The summed E-state index contributed by atoms with van der Waals surface area (Å²) >= 11 is 1.82. The Morgan fingerprint density at radius 2 is 2.21 bits per heavy atom. The lowest BCUT2D eigenvalue weighted by molar-refractivity contribution is 0.182. The highest BCUT2D eigenvalue weighted by atomic mass is 32.1. The molecule has 1 N–H and O–H groups in total. The van der Waals surface area contributed by atoms with Gasteiger partial charge < -0.3 is 5.32 Å². The average molecular weight is 281 g/mol. The number of nitrogens with one attached hydrogen (secondary N) is 1. The van der Waals surface area contributed by atoms with Crippen LogP contribution in [0.4, 0.5) is 0 Å². The van der Waals surface area contributed by atoms with Crippen LogP contribution >= 0.6 is 11.3 Å². The molecule has 19 heavy (non-hydrogen) atoms. The number of hydrogen-bond donors (Lipinski definition) is 1. The van der Waals surface area contributed by atoms with Crippen molar-refractivity contribution in [1.29, 1.82) is 0 Å². The van der Waals surface area contributed by atoms with Crippen molar-refractivity contribution in [2.75, 3.05) is 19.6 Å². The quantitative estimate of drug-likeness (QED) is 0.897. The van der Waals surface area contributed by atoms with Gasteiger partial charge in [-0.2, -0.15) is 0 Å². The van der Waals surface area contributed by atoms with E-state index in [9.17, 15) is 0 Å². The van der Waals surface area contributed by atoms with Gasteiger partial charge in [0.15, 0.2) is 0 Å². The number of thiazole rings is 1. The van der Waals surface area contributed by atoms with E-state index in [0.717, 1.165) is 13.1 Å². The third-order valence-electron chi connectivity index (χ3n) is 4.16. The summed E-state index contributed by atoms with van der Waals surface area (Å²) in [4.78, 5) is 8.66. The van der Waals surface area contributed by atoms with E-state index < -0.39 is 0 Å². The van der Waals surface area contributed by atoms with Crippen molar-refractivity contribution in [2.24, 2.45) is 0 Å². The molecule has 0 bridgehead atoms. The molecule has 3 nitrogen and oxygen atoms in total. The van der Waals surface area contributed by atoms with E-state index in [1.54, 1.807) is 0 Å². The molecule has 0 amide bonds. The van der Waals surface area contributed by atoms with Crippen LogP contribution in [0.15, 0.2) is 0 Å². The second-order valence-electron chi connectivity index (χ2n) is 5.58. The molecule has 2 atom stereocenters. The summed E-state index contributed by atoms with van der Waals surface area (Å²) in [6, 6.07) is 1.09. The Balaban J connectivity index is 2.01. The molecule has 2 unspecified atom stereocenters. The van der Waals surface area contributed by atoms with Gasteiger partial charge in [0, 0.05) is 17.5 Å². The second-order valence-corrected chi connectivity index (χ2v) is 6.99. The van der Waals surface area contributed by atoms with Gasteiger partial charge in [-0.3, -0.25) is 4.90 Å². The summed E-state index contributed by atoms with van der Waals surface area (Å²) < 4.78 is 0.